The van der Waals surface area contributed by atoms with Crippen LogP contribution in [0.4, 0.5) is 0 Å². The maximum absolute atomic E-state index is 12.1. The second kappa shape index (κ2) is 3.94. The average molecular weight is 254 g/mol. The summed E-state index contributed by atoms with van der Waals surface area (Å²) in [5.41, 5.74) is 0.368. The van der Waals surface area contributed by atoms with Gasteiger partial charge in [-0.1, -0.05) is 13.8 Å². The van der Waals surface area contributed by atoms with Crippen molar-refractivity contribution < 1.29 is 19.0 Å². The van der Waals surface area contributed by atoms with Gasteiger partial charge in [0.25, 0.3) is 0 Å². The van der Waals surface area contributed by atoms with E-state index < -0.39 is 5.79 Å². The van der Waals surface area contributed by atoms with E-state index in [0.717, 1.165) is 19.3 Å². The molecule has 0 aromatic carbocycles. The molecular formula is C14H22O4. The summed E-state index contributed by atoms with van der Waals surface area (Å²) in [6, 6.07) is 0. The summed E-state index contributed by atoms with van der Waals surface area (Å²) in [7, 11) is 1.45. The molecule has 102 valence electrons. The Balaban J connectivity index is 1.86. The summed E-state index contributed by atoms with van der Waals surface area (Å²) in [5, 5.41) is 0. The zero-order valence-corrected chi connectivity index (χ0v) is 11.4. The fraction of sp³-hybridized carbons (Fsp3) is 0.929. The van der Waals surface area contributed by atoms with Crippen LogP contribution < -0.4 is 0 Å². The monoisotopic (exact) mass is 254 g/mol. The molecule has 3 aliphatic rings. The fourth-order valence-corrected chi connectivity index (χ4v) is 4.10. The summed E-state index contributed by atoms with van der Waals surface area (Å²) in [5.74, 6) is 0.170. The molecule has 0 radical (unpaired) electrons. The Labute approximate surface area is 108 Å². The standard InChI is InChI=1S/C14H22O4/c1-13(2)9-4-5-14(17-6-7-18-14)11(8-10(9)13)12(15)16-3/h9-11H,4-8H2,1-3H3/t9-,10+,11-/m1/s1. The number of hydrogen-bond acceptors (Lipinski definition) is 4. The van der Waals surface area contributed by atoms with Gasteiger partial charge in [-0.3, -0.25) is 4.79 Å². The highest BCUT2D eigenvalue weighted by molar-refractivity contribution is 5.73. The van der Waals surface area contributed by atoms with Gasteiger partial charge in [-0.05, 0) is 30.1 Å². The quantitative estimate of drug-likeness (QED) is 0.671. The van der Waals surface area contributed by atoms with E-state index in [1.54, 1.807) is 0 Å². The van der Waals surface area contributed by atoms with Gasteiger partial charge in [0.05, 0.1) is 20.3 Å². The minimum atomic E-state index is -0.698. The van der Waals surface area contributed by atoms with Gasteiger partial charge in [-0.15, -0.1) is 0 Å². The third-order valence-corrected chi connectivity index (χ3v) is 5.37. The van der Waals surface area contributed by atoms with Gasteiger partial charge >= 0.3 is 5.97 Å². The fourth-order valence-electron chi connectivity index (χ4n) is 4.10. The van der Waals surface area contributed by atoms with Crippen molar-refractivity contribution in [3.63, 3.8) is 0 Å². The van der Waals surface area contributed by atoms with E-state index in [2.05, 4.69) is 13.8 Å². The summed E-state index contributed by atoms with van der Waals surface area (Å²) < 4.78 is 16.6. The molecule has 2 aliphatic carbocycles. The van der Waals surface area contributed by atoms with Crippen molar-refractivity contribution in [1.29, 1.82) is 0 Å². The van der Waals surface area contributed by atoms with Gasteiger partial charge < -0.3 is 14.2 Å². The molecule has 0 bridgehead atoms. The molecule has 2 saturated carbocycles. The SMILES string of the molecule is COC(=O)[C@H]1C[C@H]2[C@@H](CCC13OCCO3)C2(C)C. The van der Waals surface area contributed by atoms with E-state index in [0.29, 0.717) is 30.5 Å². The van der Waals surface area contributed by atoms with Gasteiger partial charge in [0, 0.05) is 6.42 Å². The van der Waals surface area contributed by atoms with Crippen molar-refractivity contribution in [2.45, 2.75) is 38.9 Å². The van der Waals surface area contributed by atoms with Crippen molar-refractivity contribution in [1.82, 2.24) is 0 Å². The van der Waals surface area contributed by atoms with Crippen LogP contribution in [0.25, 0.3) is 0 Å². The minimum absolute atomic E-state index is 0.180. The molecule has 4 nitrogen and oxygen atoms in total. The first-order valence-corrected chi connectivity index (χ1v) is 6.87. The molecule has 18 heavy (non-hydrogen) atoms. The molecule has 1 aliphatic heterocycles. The number of methoxy groups -OCH3 is 1. The zero-order valence-electron chi connectivity index (χ0n) is 11.4. The third-order valence-electron chi connectivity index (χ3n) is 5.37. The molecule has 4 heteroatoms. The van der Waals surface area contributed by atoms with Crippen molar-refractivity contribution >= 4 is 5.97 Å². The van der Waals surface area contributed by atoms with Crippen LogP contribution in [0, 0.1) is 23.2 Å². The number of esters is 1. The van der Waals surface area contributed by atoms with Crippen LogP contribution in [-0.4, -0.2) is 32.1 Å². The first-order chi connectivity index (χ1) is 8.51. The van der Waals surface area contributed by atoms with Crippen LogP contribution in [0.15, 0.2) is 0 Å². The Morgan fingerprint density at radius 2 is 1.89 bits per heavy atom. The van der Waals surface area contributed by atoms with Crippen molar-refractivity contribution in [3.8, 4) is 0 Å². The summed E-state index contributed by atoms with van der Waals surface area (Å²) in [6.45, 7) is 5.77. The molecule has 3 fully saturated rings. The maximum atomic E-state index is 12.1. The number of carbonyl (C=O) groups is 1. The van der Waals surface area contributed by atoms with E-state index >= 15 is 0 Å². The van der Waals surface area contributed by atoms with E-state index in [1.165, 1.54) is 7.11 Å². The van der Waals surface area contributed by atoms with Crippen LogP contribution in [-0.2, 0) is 19.0 Å². The minimum Gasteiger partial charge on any atom is -0.469 e. The molecule has 1 heterocycles. The van der Waals surface area contributed by atoms with Crippen LogP contribution in [0.3, 0.4) is 0 Å². The molecule has 0 aromatic heterocycles. The van der Waals surface area contributed by atoms with E-state index in [4.69, 9.17) is 14.2 Å². The Hall–Kier alpha value is -0.610. The van der Waals surface area contributed by atoms with Gasteiger partial charge in [0.1, 0.15) is 5.92 Å². The summed E-state index contributed by atoms with van der Waals surface area (Å²) in [4.78, 5) is 12.1. The van der Waals surface area contributed by atoms with E-state index in [9.17, 15) is 4.79 Å². The van der Waals surface area contributed by atoms with Crippen LogP contribution >= 0.6 is 0 Å². The summed E-state index contributed by atoms with van der Waals surface area (Å²) >= 11 is 0. The number of hydrogen-bond donors (Lipinski definition) is 0. The lowest BCUT2D eigenvalue weighted by Crippen LogP contribution is -2.44. The molecule has 0 amide bonds. The number of rotatable bonds is 1. The van der Waals surface area contributed by atoms with Crippen LogP contribution in [0.1, 0.15) is 33.1 Å². The van der Waals surface area contributed by atoms with Gasteiger partial charge in [0.2, 0.25) is 0 Å². The second-order valence-electron chi connectivity index (χ2n) is 6.39. The van der Waals surface area contributed by atoms with Gasteiger partial charge in [-0.25, -0.2) is 0 Å². The number of fused-ring (bicyclic) bond motifs is 1. The van der Waals surface area contributed by atoms with Gasteiger partial charge in [0.15, 0.2) is 5.79 Å². The van der Waals surface area contributed by atoms with E-state index in [1.807, 2.05) is 0 Å². The lowest BCUT2D eigenvalue weighted by Gasteiger charge is -2.33. The van der Waals surface area contributed by atoms with Crippen molar-refractivity contribution in [2.24, 2.45) is 23.2 Å². The Kier molecular flexibility index (Phi) is 2.72. The predicted octanol–water partition coefficient (Wildman–Crippen LogP) is 1.97. The third kappa shape index (κ3) is 1.62. The maximum Gasteiger partial charge on any atom is 0.314 e. The zero-order chi connectivity index (χ0) is 13.0. The first kappa shape index (κ1) is 12.4. The highest BCUT2D eigenvalue weighted by atomic mass is 16.7. The van der Waals surface area contributed by atoms with Crippen molar-refractivity contribution in [2.75, 3.05) is 20.3 Å². The predicted molar refractivity (Wildman–Crippen MR) is 64.8 cm³/mol. The van der Waals surface area contributed by atoms with Crippen LogP contribution in [0.2, 0.25) is 0 Å². The lowest BCUT2D eigenvalue weighted by molar-refractivity contribution is -0.212. The number of ether oxygens (including phenoxy) is 3. The molecule has 0 N–H and O–H groups in total. The lowest BCUT2D eigenvalue weighted by atomic mass is 9.88. The molecular weight excluding hydrogens is 232 g/mol. The topological polar surface area (TPSA) is 44.8 Å². The number of carbonyl (C=O) groups excluding carboxylic acids is 1. The molecule has 3 rings (SSSR count). The molecule has 0 aromatic rings. The van der Waals surface area contributed by atoms with E-state index in [-0.39, 0.29) is 11.9 Å². The highest BCUT2D eigenvalue weighted by Gasteiger charge is 2.64. The summed E-state index contributed by atoms with van der Waals surface area (Å²) in [6.07, 6.45) is 2.74. The smallest absolute Gasteiger partial charge is 0.314 e. The molecule has 1 spiro atoms. The highest BCUT2D eigenvalue weighted by Crippen LogP contribution is 2.66. The Morgan fingerprint density at radius 3 is 2.50 bits per heavy atom. The molecule has 3 atom stereocenters. The Morgan fingerprint density at radius 1 is 1.22 bits per heavy atom. The Bertz CT molecular complexity index is 357. The second-order valence-corrected chi connectivity index (χ2v) is 6.39. The largest absolute Gasteiger partial charge is 0.469 e. The van der Waals surface area contributed by atoms with Gasteiger partial charge in [-0.2, -0.15) is 0 Å². The van der Waals surface area contributed by atoms with Crippen molar-refractivity contribution in [3.05, 3.63) is 0 Å². The average Bonchev–Trinajstić information content (AvgIpc) is 2.68. The normalized spacial score (nSPS) is 40.1. The molecule has 0 unspecified atom stereocenters. The molecule has 1 saturated heterocycles. The van der Waals surface area contributed by atoms with Crippen LogP contribution in [0.5, 0.6) is 0 Å². The first-order valence-electron chi connectivity index (χ1n) is 6.87.